The highest BCUT2D eigenvalue weighted by Gasteiger charge is 2.21. The number of nitrogens with zero attached hydrogens (tertiary/aromatic N) is 2. The molecule has 1 aromatic heterocycles. The van der Waals surface area contributed by atoms with Gasteiger partial charge in [0.15, 0.2) is 12.5 Å². The summed E-state index contributed by atoms with van der Waals surface area (Å²) in [5.74, 6) is 0. The molecular formula is C15H16N2O2. The summed E-state index contributed by atoms with van der Waals surface area (Å²) in [6, 6.07) is 9.83. The molecule has 4 heteroatoms. The molecule has 0 amide bonds. The molecular weight excluding hydrogens is 240 g/mol. The molecule has 3 rings (SSSR count). The van der Waals surface area contributed by atoms with Crippen molar-refractivity contribution in [2.24, 2.45) is 0 Å². The summed E-state index contributed by atoms with van der Waals surface area (Å²) < 4.78 is 7.41. The molecule has 0 spiro atoms. The molecule has 2 aromatic rings. The maximum absolute atomic E-state index is 11.4. The summed E-state index contributed by atoms with van der Waals surface area (Å²) in [5, 5.41) is 4.35. The highest BCUT2D eigenvalue weighted by atomic mass is 16.5. The first-order chi connectivity index (χ1) is 9.40. The number of hydrogen-bond acceptors (Lipinski definition) is 3. The normalized spacial score (nSPS) is 19.3. The fraction of sp³-hybridized carbons (Fsp3) is 0.333. The Hall–Kier alpha value is -1.94. The zero-order chi connectivity index (χ0) is 13.1. The second-order valence-electron chi connectivity index (χ2n) is 4.69. The SMILES string of the molecule is O=Cc1c(-c2ccccc2)cnn1[C@@H]1CCCCO1. The standard InChI is InChI=1S/C15H16N2O2/c18-11-14-13(12-6-2-1-3-7-12)10-16-17(14)15-8-4-5-9-19-15/h1-3,6-7,10-11,15H,4-5,8-9H2/t15-/m0/s1. The van der Waals surface area contributed by atoms with E-state index >= 15 is 0 Å². The minimum atomic E-state index is -0.105. The van der Waals surface area contributed by atoms with Crippen LogP contribution in [-0.2, 0) is 4.74 Å². The molecule has 0 aliphatic carbocycles. The van der Waals surface area contributed by atoms with Crippen LogP contribution in [0.3, 0.4) is 0 Å². The molecule has 1 aliphatic rings. The number of hydrogen-bond donors (Lipinski definition) is 0. The number of benzene rings is 1. The van der Waals surface area contributed by atoms with Crippen LogP contribution >= 0.6 is 0 Å². The van der Waals surface area contributed by atoms with E-state index in [0.717, 1.165) is 43.3 Å². The van der Waals surface area contributed by atoms with Crippen molar-refractivity contribution in [1.29, 1.82) is 0 Å². The lowest BCUT2D eigenvalue weighted by molar-refractivity contribution is -0.0402. The van der Waals surface area contributed by atoms with Crippen molar-refractivity contribution in [2.75, 3.05) is 6.61 Å². The number of rotatable bonds is 3. The predicted molar refractivity (Wildman–Crippen MR) is 71.9 cm³/mol. The molecule has 0 unspecified atom stereocenters. The van der Waals surface area contributed by atoms with Crippen LogP contribution < -0.4 is 0 Å². The lowest BCUT2D eigenvalue weighted by atomic mass is 10.1. The van der Waals surface area contributed by atoms with Gasteiger partial charge >= 0.3 is 0 Å². The van der Waals surface area contributed by atoms with Crippen LogP contribution in [0.4, 0.5) is 0 Å². The van der Waals surface area contributed by atoms with Crippen LogP contribution in [-0.4, -0.2) is 22.7 Å². The van der Waals surface area contributed by atoms with Gasteiger partial charge in [-0.25, -0.2) is 4.68 Å². The van der Waals surface area contributed by atoms with E-state index < -0.39 is 0 Å². The third-order valence-electron chi connectivity index (χ3n) is 3.46. The highest BCUT2D eigenvalue weighted by molar-refractivity contribution is 5.85. The summed E-state index contributed by atoms with van der Waals surface area (Å²) in [6.45, 7) is 0.740. The number of aromatic nitrogens is 2. The fourth-order valence-corrected chi connectivity index (χ4v) is 2.48. The Bertz CT molecular complexity index is 557. The molecule has 98 valence electrons. The monoisotopic (exact) mass is 256 g/mol. The second kappa shape index (κ2) is 5.36. The first kappa shape index (κ1) is 12.1. The quantitative estimate of drug-likeness (QED) is 0.793. The fourth-order valence-electron chi connectivity index (χ4n) is 2.48. The van der Waals surface area contributed by atoms with E-state index in [1.807, 2.05) is 30.3 Å². The molecule has 1 aromatic carbocycles. The number of carbonyl (C=O) groups is 1. The van der Waals surface area contributed by atoms with Gasteiger partial charge in [-0.15, -0.1) is 0 Å². The molecule has 0 bridgehead atoms. The molecule has 0 N–H and O–H groups in total. The van der Waals surface area contributed by atoms with E-state index in [0.29, 0.717) is 5.69 Å². The summed E-state index contributed by atoms with van der Waals surface area (Å²) in [6.07, 6.45) is 5.62. The average Bonchev–Trinajstić information content (AvgIpc) is 2.93. The van der Waals surface area contributed by atoms with Crippen LogP contribution in [0.2, 0.25) is 0 Å². The Morgan fingerprint density at radius 3 is 2.79 bits per heavy atom. The van der Waals surface area contributed by atoms with Crippen LogP contribution in [0.1, 0.15) is 36.0 Å². The summed E-state index contributed by atoms with van der Waals surface area (Å²) in [5.41, 5.74) is 2.47. The van der Waals surface area contributed by atoms with Crippen molar-refractivity contribution < 1.29 is 9.53 Å². The van der Waals surface area contributed by atoms with E-state index in [-0.39, 0.29) is 6.23 Å². The minimum absolute atomic E-state index is 0.105. The molecule has 1 fully saturated rings. The second-order valence-corrected chi connectivity index (χ2v) is 4.69. The van der Waals surface area contributed by atoms with E-state index in [4.69, 9.17) is 4.74 Å². The van der Waals surface area contributed by atoms with Crippen molar-refractivity contribution in [3.8, 4) is 11.1 Å². The van der Waals surface area contributed by atoms with Crippen molar-refractivity contribution >= 4 is 6.29 Å². The van der Waals surface area contributed by atoms with E-state index in [1.54, 1.807) is 10.9 Å². The van der Waals surface area contributed by atoms with Crippen molar-refractivity contribution in [1.82, 2.24) is 9.78 Å². The number of carbonyl (C=O) groups excluding carboxylic acids is 1. The van der Waals surface area contributed by atoms with Gasteiger partial charge in [0.2, 0.25) is 0 Å². The van der Waals surface area contributed by atoms with Crippen molar-refractivity contribution in [2.45, 2.75) is 25.5 Å². The van der Waals surface area contributed by atoms with Crippen molar-refractivity contribution in [3.63, 3.8) is 0 Å². The van der Waals surface area contributed by atoms with Gasteiger partial charge in [-0.2, -0.15) is 5.10 Å². The van der Waals surface area contributed by atoms with Gasteiger partial charge in [-0.3, -0.25) is 4.79 Å². The number of aldehydes is 1. The minimum Gasteiger partial charge on any atom is -0.356 e. The summed E-state index contributed by atoms with van der Waals surface area (Å²) >= 11 is 0. The topological polar surface area (TPSA) is 44.1 Å². The van der Waals surface area contributed by atoms with Gasteiger partial charge in [0.05, 0.1) is 6.20 Å². The zero-order valence-corrected chi connectivity index (χ0v) is 10.7. The summed E-state index contributed by atoms with van der Waals surface area (Å²) in [4.78, 5) is 11.4. The lowest BCUT2D eigenvalue weighted by Gasteiger charge is -2.23. The maximum Gasteiger partial charge on any atom is 0.168 e. The first-order valence-electron chi connectivity index (χ1n) is 6.60. The first-order valence-corrected chi connectivity index (χ1v) is 6.60. The molecule has 0 saturated carbocycles. The van der Waals surface area contributed by atoms with E-state index in [1.165, 1.54) is 0 Å². The Morgan fingerprint density at radius 2 is 2.11 bits per heavy atom. The summed E-state index contributed by atoms with van der Waals surface area (Å²) in [7, 11) is 0. The zero-order valence-electron chi connectivity index (χ0n) is 10.7. The van der Waals surface area contributed by atoms with Crippen molar-refractivity contribution in [3.05, 3.63) is 42.2 Å². The van der Waals surface area contributed by atoms with Gasteiger partial charge < -0.3 is 4.74 Å². The molecule has 4 nitrogen and oxygen atoms in total. The molecule has 19 heavy (non-hydrogen) atoms. The maximum atomic E-state index is 11.4. The van der Waals surface area contributed by atoms with Gasteiger partial charge in [-0.1, -0.05) is 30.3 Å². The Balaban J connectivity index is 1.99. The van der Waals surface area contributed by atoms with Crippen LogP contribution in [0.25, 0.3) is 11.1 Å². The van der Waals surface area contributed by atoms with Gasteiger partial charge in [0.25, 0.3) is 0 Å². The smallest absolute Gasteiger partial charge is 0.168 e. The molecule has 2 heterocycles. The Kier molecular flexibility index (Phi) is 3.42. The van der Waals surface area contributed by atoms with E-state index in [9.17, 15) is 4.79 Å². The van der Waals surface area contributed by atoms with Gasteiger partial charge in [0, 0.05) is 12.2 Å². The van der Waals surface area contributed by atoms with Gasteiger partial charge in [0.1, 0.15) is 5.69 Å². The third-order valence-corrected chi connectivity index (χ3v) is 3.46. The highest BCUT2D eigenvalue weighted by Crippen LogP contribution is 2.28. The third kappa shape index (κ3) is 2.31. The lowest BCUT2D eigenvalue weighted by Crippen LogP contribution is -2.20. The molecule has 0 radical (unpaired) electrons. The average molecular weight is 256 g/mol. The Labute approximate surface area is 112 Å². The molecule has 1 saturated heterocycles. The molecule has 1 atom stereocenters. The Morgan fingerprint density at radius 1 is 1.26 bits per heavy atom. The molecule has 1 aliphatic heterocycles. The van der Waals surface area contributed by atoms with E-state index in [2.05, 4.69) is 5.10 Å². The van der Waals surface area contributed by atoms with Crippen LogP contribution in [0.15, 0.2) is 36.5 Å². The van der Waals surface area contributed by atoms with Crippen LogP contribution in [0.5, 0.6) is 0 Å². The number of ether oxygens (including phenoxy) is 1. The predicted octanol–water partition coefficient (Wildman–Crippen LogP) is 3.06. The van der Waals surface area contributed by atoms with Gasteiger partial charge in [-0.05, 0) is 24.8 Å². The largest absolute Gasteiger partial charge is 0.356 e. The van der Waals surface area contributed by atoms with Crippen LogP contribution in [0, 0.1) is 0 Å².